The summed E-state index contributed by atoms with van der Waals surface area (Å²) >= 11 is 0. The Labute approximate surface area is 121 Å². The van der Waals surface area contributed by atoms with E-state index in [-0.39, 0.29) is 0 Å². The van der Waals surface area contributed by atoms with Gasteiger partial charge in [-0.2, -0.15) is 4.98 Å². The Morgan fingerprint density at radius 1 is 0.952 bits per heavy atom. The highest BCUT2D eigenvalue weighted by Gasteiger charge is 2.17. The third kappa shape index (κ3) is 1.92. The molecule has 0 unspecified atom stereocenters. The molecule has 0 saturated heterocycles. The van der Waals surface area contributed by atoms with Gasteiger partial charge in [-0.25, -0.2) is 0 Å². The average molecular weight is 275 g/mol. The zero-order chi connectivity index (χ0) is 14.2. The SMILES string of the molecule is Cc1ccc(-c2nc3occn3c2-c2ccncc2)cc1. The van der Waals surface area contributed by atoms with E-state index in [1.54, 1.807) is 18.7 Å². The maximum atomic E-state index is 5.44. The fraction of sp³-hybridized carbons (Fsp3) is 0.0588. The molecule has 0 aliphatic carbocycles. The van der Waals surface area contributed by atoms with Crippen molar-refractivity contribution in [3.05, 3.63) is 66.8 Å². The highest BCUT2D eigenvalue weighted by molar-refractivity contribution is 5.80. The first-order valence-electron chi connectivity index (χ1n) is 6.76. The normalized spacial score (nSPS) is 11.1. The predicted molar refractivity (Wildman–Crippen MR) is 80.9 cm³/mol. The molecule has 4 nitrogen and oxygen atoms in total. The van der Waals surface area contributed by atoms with Gasteiger partial charge in [-0.3, -0.25) is 9.38 Å². The first kappa shape index (κ1) is 11.9. The van der Waals surface area contributed by atoms with Crippen molar-refractivity contribution in [2.75, 3.05) is 0 Å². The topological polar surface area (TPSA) is 43.3 Å². The molecule has 4 heteroatoms. The Kier molecular flexibility index (Phi) is 2.60. The Morgan fingerprint density at radius 3 is 2.48 bits per heavy atom. The quantitative estimate of drug-likeness (QED) is 0.556. The van der Waals surface area contributed by atoms with Crippen molar-refractivity contribution in [2.45, 2.75) is 6.92 Å². The Hall–Kier alpha value is -2.88. The third-order valence-corrected chi connectivity index (χ3v) is 3.54. The second-order valence-electron chi connectivity index (χ2n) is 4.97. The molecule has 4 aromatic rings. The van der Waals surface area contributed by atoms with Crippen LogP contribution >= 0.6 is 0 Å². The molecule has 4 rings (SSSR count). The molecule has 21 heavy (non-hydrogen) atoms. The highest BCUT2D eigenvalue weighted by Crippen LogP contribution is 2.32. The molecule has 0 N–H and O–H groups in total. The van der Waals surface area contributed by atoms with Gasteiger partial charge in [0.25, 0.3) is 0 Å². The molecule has 0 bridgehead atoms. The number of fused-ring (bicyclic) bond motifs is 1. The average Bonchev–Trinajstić information content (AvgIpc) is 3.09. The summed E-state index contributed by atoms with van der Waals surface area (Å²) in [6.07, 6.45) is 7.10. The second kappa shape index (κ2) is 4.59. The predicted octanol–water partition coefficient (Wildman–Crippen LogP) is 3.96. The molecular formula is C17H13N3O. The van der Waals surface area contributed by atoms with Crippen molar-refractivity contribution in [1.29, 1.82) is 0 Å². The van der Waals surface area contributed by atoms with Gasteiger partial charge < -0.3 is 4.42 Å². The van der Waals surface area contributed by atoms with E-state index in [4.69, 9.17) is 4.42 Å². The van der Waals surface area contributed by atoms with E-state index in [1.807, 2.05) is 22.7 Å². The summed E-state index contributed by atoms with van der Waals surface area (Å²) in [6.45, 7) is 2.08. The number of nitrogens with zero attached hydrogens (tertiary/aromatic N) is 3. The van der Waals surface area contributed by atoms with Crippen LogP contribution in [0.3, 0.4) is 0 Å². The minimum Gasteiger partial charge on any atom is -0.432 e. The number of benzene rings is 1. The van der Waals surface area contributed by atoms with Crippen LogP contribution in [0, 0.1) is 6.92 Å². The molecule has 3 heterocycles. The van der Waals surface area contributed by atoms with Crippen molar-refractivity contribution in [1.82, 2.24) is 14.4 Å². The number of pyridine rings is 1. The van der Waals surface area contributed by atoms with E-state index in [0.29, 0.717) is 5.84 Å². The van der Waals surface area contributed by atoms with Crippen LogP contribution < -0.4 is 0 Å². The summed E-state index contributed by atoms with van der Waals surface area (Å²) in [7, 11) is 0. The van der Waals surface area contributed by atoms with Crippen molar-refractivity contribution in [3.8, 4) is 22.5 Å². The van der Waals surface area contributed by atoms with Crippen LogP contribution in [0.25, 0.3) is 28.4 Å². The summed E-state index contributed by atoms with van der Waals surface area (Å²) in [4.78, 5) is 8.71. The molecule has 0 amide bonds. The van der Waals surface area contributed by atoms with Crippen molar-refractivity contribution in [3.63, 3.8) is 0 Å². The van der Waals surface area contributed by atoms with E-state index in [2.05, 4.69) is 41.2 Å². The van der Waals surface area contributed by atoms with Crippen molar-refractivity contribution in [2.24, 2.45) is 0 Å². The Balaban J connectivity index is 2.01. The van der Waals surface area contributed by atoms with Crippen LogP contribution in [0.15, 0.2) is 65.7 Å². The van der Waals surface area contributed by atoms with E-state index < -0.39 is 0 Å². The number of hydrogen-bond donors (Lipinski definition) is 0. The molecule has 0 spiro atoms. The standard InChI is InChI=1S/C17H13N3O/c1-12-2-4-13(5-3-12)15-16(14-6-8-18-9-7-14)20-10-11-21-17(20)19-15/h2-11H,1H3. The van der Waals surface area contributed by atoms with Crippen LogP contribution in [0.5, 0.6) is 0 Å². The lowest BCUT2D eigenvalue weighted by molar-refractivity contribution is 0.596. The van der Waals surface area contributed by atoms with Gasteiger partial charge in [-0.15, -0.1) is 0 Å². The smallest absolute Gasteiger partial charge is 0.306 e. The fourth-order valence-corrected chi connectivity index (χ4v) is 2.48. The minimum absolute atomic E-state index is 0.595. The summed E-state index contributed by atoms with van der Waals surface area (Å²) in [5, 5.41) is 0. The van der Waals surface area contributed by atoms with Gasteiger partial charge in [0.2, 0.25) is 0 Å². The first-order chi connectivity index (χ1) is 10.3. The lowest BCUT2D eigenvalue weighted by Gasteiger charge is -2.04. The van der Waals surface area contributed by atoms with Gasteiger partial charge in [0.15, 0.2) is 0 Å². The van der Waals surface area contributed by atoms with Gasteiger partial charge in [0.05, 0.1) is 5.69 Å². The number of imidazole rings is 1. The van der Waals surface area contributed by atoms with Crippen molar-refractivity contribution >= 4 is 5.84 Å². The summed E-state index contributed by atoms with van der Waals surface area (Å²) in [5.74, 6) is 0.595. The van der Waals surface area contributed by atoms with Gasteiger partial charge in [-0.05, 0) is 19.1 Å². The lowest BCUT2D eigenvalue weighted by Crippen LogP contribution is -1.88. The molecular weight excluding hydrogens is 262 g/mol. The number of oxazole rings is 1. The van der Waals surface area contributed by atoms with Gasteiger partial charge >= 0.3 is 5.84 Å². The summed E-state index contributed by atoms with van der Waals surface area (Å²) in [6, 6.07) is 12.3. The zero-order valence-electron chi connectivity index (χ0n) is 11.5. The van der Waals surface area contributed by atoms with Crippen LogP contribution in [0.4, 0.5) is 0 Å². The maximum absolute atomic E-state index is 5.44. The Bertz CT molecular complexity index is 889. The van der Waals surface area contributed by atoms with Crippen LogP contribution in [-0.4, -0.2) is 14.4 Å². The van der Waals surface area contributed by atoms with Crippen LogP contribution in [-0.2, 0) is 0 Å². The second-order valence-corrected chi connectivity index (χ2v) is 4.97. The molecule has 0 radical (unpaired) electrons. The largest absolute Gasteiger partial charge is 0.432 e. The molecule has 102 valence electrons. The molecule has 0 fully saturated rings. The van der Waals surface area contributed by atoms with E-state index in [1.165, 1.54) is 5.56 Å². The third-order valence-electron chi connectivity index (χ3n) is 3.54. The number of rotatable bonds is 2. The molecule has 3 aromatic heterocycles. The van der Waals surface area contributed by atoms with E-state index >= 15 is 0 Å². The fourth-order valence-electron chi connectivity index (χ4n) is 2.48. The Morgan fingerprint density at radius 2 is 1.71 bits per heavy atom. The highest BCUT2D eigenvalue weighted by atomic mass is 16.3. The summed E-state index contributed by atoms with van der Waals surface area (Å²) < 4.78 is 7.40. The molecule has 0 aliphatic rings. The van der Waals surface area contributed by atoms with Gasteiger partial charge in [-0.1, -0.05) is 29.8 Å². The molecule has 1 aromatic carbocycles. The number of hydrogen-bond acceptors (Lipinski definition) is 3. The van der Waals surface area contributed by atoms with Gasteiger partial charge in [0, 0.05) is 29.7 Å². The van der Waals surface area contributed by atoms with E-state index in [9.17, 15) is 0 Å². The van der Waals surface area contributed by atoms with Gasteiger partial charge in [0.1, 0.15) is 12.0 Å². The first-order valence-corrected chi connectivity index (χ1v) is 6.76. The molecule has 0 saturated carbocycles. The molecule has 0 aliphatic heterocycles. The van der Waals surface area contributed by atoms with Crippen LogP contribution in [0.1, 0.15) is 5.56 Å². The number of aromatic nitrogens is 3. The minimum atomic E-state index is 0.595. The van der Waals surface area contributed by atoms with Crippen molar-refractivity contribution < 1.29 is 4.42 Å². The summed E-state index contributed by atoms with van der Waals surface area (Å²) in [5.41, 5.74) is 5.30. The molecule has 0 atom stereocenters. The lowest BCUT2D eigenvalue weighted by atomic mass is 10.0. The zero-order valence-corrected chi connectivity index (χ0v) is 11.5. The van der Waals surface area contributed by atoms with Crippen LogP contribution in [0.2, 0.25) is 0 Å². The monoisotopic (exact) mass is 275 g/mol. The maximum Gasteiger partial charge on any atom is 0.306 e. The number of aryl methyl sites for hydroxylation is 1. The van der Waals surface area contributed by atoms with E-state index in [0.717, 1.165) is 22.5 Å².